The van der Waals surface area contributed by atoms with Crippen LogP contribution in [0.4, 0.5) is 10.3 Å². The molecule has 4 heterocycles. The molecule has 8 heteroatoms. The lowest BCUT2D eigenvalue weighted by atomic mass is 10.2. The maximum absolute atomic E-state index is 13.8. The van der Waals surface area contributed by atoms with Crippen LogP contribution in [0.5, 0.6) is 5.88 Å². The number of anilines is 1. The average molecular weight is 392 g/mol. The quantitative estimate of drug-likeness (QED) is 0.638. The van der Waals surface area contributed by atoms with Gasteiger partial charge in [0, 0.05) is 43.2 Å². The van der Waals surface area contributed by atoms with Crippen molar-refractivity contribution >= 4 is 5.95 Å². The highest BCUT2D eigenvalue weighted by Crippen LogP contribution is 2.52. The highest BCUT2D eigenvalue weighted by atomic mass is 19.1. The second-order valence-electron chi connectivity index (χ2n) is 7.55. The van der Waals surface area contributed by atoms with Gasteiger partial charge in [-0.2, -0.15) is 0 Å². The van der Waals surface area contributed by atoms with E-state index >= 15 is 0 Å². The molecule has 3 atom stereocenters. The number of piperidine rings is 1. The van der Waals surface area contributed by atoms with Crippen LogP contribution in [0.1, 0.15) is 12.5 Å². The van der Waals surface area contributed by atoms with Crippen molar-refractivity contribution in [2.24, 2.45) is 17.8 Å². The zero-order chi connectivity index (χ0) is 19.8. The van der Waals surface area contributed by atoms with Crippen molar-refractivity contribution in [3.63, 3.8) is 0 Å². The zero-order valence-corrected chi connectivity index (χ0v) is 16.1. The molecule has 3 aromatic heterocycles. The molecule has 5 rings (SSSR count). The van der Waals surface area contributed by atoms with Crippen molar-refractivity contribution in [1.82, 2.24) is 24.9 Å². The highest BCUT2D eigenvalue weighted by molar-refractivity contribution is 5.57. The standard InChI is InChI=1S/C21H21FN6O/c1-2-13-5-26-21(27-6-13)28-10-15-16(11-28)17(15)12-29-20-9-24-19(8-25-20)14-3-4-23-7-18(14)22/h3-9,15-17H,2,10-12H2,1H3/t15-,16?,17+/m1/s1. The van der Waals surface area contributed by atoms with Crippen LogP contribution in [-0.2, 0) is 6.42 Å². The second-order valence-corrected chi connectivity index (χ2v) is 7.55. The third-order valence-electron chi connectivity index (χ3n) is 5.85. The number of aromatic nitrogens is 5. The van der Waals surface area contributed by atoms with Crippen molar-refractivity contribution in [2.45, 2.75) is 13.3 Å². The molecule has 0 N–H and O–H groups in total. The predicted octanol–water partition coefficient (Wildman–Crippen LogP) is 2.79. The smallest absolute Gasteiger partial charge is 0.232 e. The number of halogens is 1. The van der Waals surface area contributed by atoms with Crippen LogP contribution >= 0.6 is 0 Å². The fourth-order valence-corrected chi connectivity index (χ4v) is 4.05. The fraction of sp³-hybridized carbons (Fsp3) is 0.381. The Labute approximate surface area is 168 Å². The molecule has 0 amide bonds. The third kappa shape index (κ3) is 3.50. The van der Waals surface area contributed by atoms with Gasteiger partial charge in [-0.1, -0.05) is 6.92 Å². The Morgan fingerprint density at radius 1 is 1.03 bits per heavy atom. The molecule has 0 aromatic carbocycles. The van der Waals surface area contributed by atoms with Gasteiger partial charge in [-0.25, -0.2) is 24.3 Å². The molecule has 0 radical (unpaired) electrons. The van der Waals surface area contributed by atoms with Gasteiger partial charge >= 0.3 is 0 Å². The minimum atomic E-state index is -0.417. The largest absolute Gasteiger partial charge is 0.476 e. The SMILES string of the molecule is CCc1cnc(N2CC3[C@@H](COc4cnc(-c5ccncc5F)cn4)[C@@H]3C2)nc1. The summed E-state index contributed by atoms with van der Waals surface area (Å²) >= 11 is 0. The minimum absolute atomic E-state index is 0.380. The highest BCUT2D eigenvalue weighted by Gasteiger charge is 2.56. The summed E-state index contributed by atoms with van der Waals surface area (Å²) in [6, 6.07) is 1.58. The second kappa shape index (κ2) is 7.35. The first kappa shape index (κ1) is 17.9. The first-order valence-corrected chi connectivity index (χ1v) is 9.83. The molecule has 148 valence electrons. The number of fused-ring (bicyclic) bond motifs is 1. The Hall–Kier alpha value is -3.16. The fourth-order valence-electron chi connectivity index (χ4n) is 4.05. The predicted molar refractivity (Wildman–Crippen MR) is 105 cm³/mol. The van der Waals surface area contributed by atoms with Crippen LogP contribution < -0.4 is 9.64 Å². The van der Waals surface area contributed by atoms with E-state index in [2.05, 4.69) is 36.7 Å². The number of hydrogen-bond acceptors (Lipinski definition) is 7. The van der Waals surface area contributed by atoms with Gasteiger partial charge in [0.1, 0.15) is 0 Å². The maximum Gasteiger partial charge on any atom is 0.232 e. The minimum Gasteiger partial charge on any atom is -0.476 e. The molecular formula is C21H21FN6O. The van der Waals surface area contributed by atoms with E-state index in [0.29, 0.717) is 41.5 Å². The van der Waals surface area contributed by atoms with Crippen molar-refractivity contribution < 1.29 is 9.13 Å². The first-order chi connectivity index (χ1) is 14.2. The molecule has 0 spiro atoms. The van der Waals surface area contributed by atoms with Gasteiger partial charge in [-0.05, 0) is 29.9 Å². The van der Waals surface area contributed by atoms with Gasteiger partial charge in [0.15, 0.2) is 5.82 Å². The lowest BCUT2D eigenvalue weighted by Crippen LogP contribution is -2.27. The molecular weight excluding hydrogens is 371 g/mol. The van der Waals surface area contributed by atoms with Gasteiger partial charge in [-0.3, -0.25) is 4.98 Å². The number of rotatable bonds is 6. The van der Waals surface area contributed by atoms with Crippen LogP contribution in [0.3, 0.4) is 0 Å². The van der Waals surface area contributed by atoms with Gasteiger partial charge in [0.05, 0.1) is 30.9 Å². The summed E-state index contributed by atoms with van der Waals surface area (Å²) in [6.45, 7) is 4.66. The van der Waals surface area contributed by atoms with Crippen molar-refractivity contribution in [3.05, 3.63) is 54.6 Å². The molecule has 1 saturated heterocycles. The Morgan fingerprint density at radius 2 is 1.83 bits per heavy atom. The van der Waals surface area contributed by atoms with Crippen LogP contribution in [0.25, 0.3) is 11.3 Å². The van der Waals surface area contributed by atoms with E-state index < -0.39 is 5.82 Å². The maximum atomic E-state index is 13.8. The molecule has 1 unspecified atom stereocenters. The lowest BCUT2D eigenvalue weighted by Gasteiger charge is -2.19. The van der Waals surface area contributed by atoms with E-state index in [-0.39, 0.29) is 0 Å². The van der Waals surface area contributed by atoms with Crippen LogP contribution in [0, 0.1) is 23.6 Å². The van der Waals surface area contributed by atoms with Crippen LogP contribution in [0.15, 0.2) is 43.2 Å². The van der Waals surface area contributed by atoms with Crippen molar-refractivity contribution in [3.8, 4) is 17.1 Å². The molecule has 1 aliphatic carbocycles. The first-order valence-electron chi connectivity index (χ1n) is 9.83. The summed E-state index contributed by atoms with van der Waals surface area (Å²) < 4.78 is 19.6. The summed E-state index contributed by atoms with van der Waals surface area (Å²) in [5.41, 5.74) is 2.00. The normalized spacial score (nSPS) is 22.4. The Balaban J connectivity index is 1.14. The molecule has 3 aromatic rings. The number of aryl methyl sites for hydroxylation is 1. The number of ether oxygens (including phenoxy) is 1. The molecule has 7 nitrogen and oxygen atoms in total. The summed E-state index contributed by atoms with van der Waals surface area (Å²) in [4.78, 5) is 23.5. The van der Waals surface area contributed by atoms with Gasteiger partial charge in [0.2, 0.25) is 11.8 Å². The summed E-state index contributed by atoms with van der Waals surface area (Å²) in [5, 5.41) is 0. The Morgan fingerprint density at radius 3 is 2.48 bits per heavy atom. The van der Waals surface area contributed by atoms with Gasteiger partial charge in [-0.15, -0.1) is 0 Å². The van der Waals surface area contributed by atoms with E-state index in [0.717, 1.165) is 31.0 Å². The van der Waals surface area contributed by atoms with E-state index in [1.54, 1.807) is 12.3 Å². The number of pyridine rings is 1. The summed E-state index contributed by atoms with van der Waals surface area (Å²) in [5.74, 6) is 2.62. The monoisotopic (exact) mass is 392 g/mol. The van der Waals surface area contributed by atoms with Crippen LogP contribution in [-0.4, -0.2) is 44.6 Å². The zero-order valence-electron chi connectivity index (χ0n) is 16.1. The summed E-state index contributed by atoms with van der Waals surface area (Å²) in [7, 11) is 0. The molecule has 29 heavy (non-hydrogen) atoms. The van der Waals surface area contributed by atoms with Gasteiger partial charge in [0.25, 0.3) is 0 Å². The Bertz CT molecular complexity index is 985. The summed E-state index contributed by atoms with van der Waals surface area (Å²) in [6.07, 6.45) is 10.5. The third-order valence-corrected chi connectivity index (χ3v) is 5.85. The van der Waals surface area contributed by atoms with E-state index in [9.17, 15) is 4.39 Å². The van der Waals surface area contributed by atoms with E-state index in [4.69, 9.17) is 4.74 Å². The van der Waals surface area contributed by atoms with Crippen molar-refractivity contribution in [1.29, 1.82) is 0 Å². The molecule has 2 fully saturated rings. The molecule has 1 saturated carbocycles. The lowest BCUT2D eigenvalue weighted by molar-refractivity contribution is 0.271. The van der Waals surface area contributed by atoms with E-state index in [1.807, 2.05) is 12.4 Å². The molecule has 1 aliphatic heterocycles. The topological polar surface area (TPSA) is 76.9 Å². The molecule has 2 aliphatic rings. The molecule has 0 bridgehead atoms. The average Bonchev–Trinajstić information content (AvgIpc) is 3.22. The Kier molecular flexibility index (Phi) is 4.54. The van der Waals surface area contributed by atoms with Gasteiger partial charge < -0.3 is 9.64 Å². The van der Waals surface area contributed by atoms with Crippen LogP contribution in [0.2, 0.25) is 0 Å². The van der Waals surface area contributed by atoms with E-state index in [1.165, 1.54) is 18.6 Å². The number of hydrogen-bond donors (Lipinski definition) is 0. The van der Waals surface area contributed by atoms with Crippen molar-refractivity contribution in [2.75, 3.05) is 24.6 Å². The number of nitrogens with zero attached hydrogens (tertiary/aromatic N) is 6.